The number of aromatic nitrogens is 1. The second-order valence-electron chi connectivity index (χ2n) is 12.8. The Hall–Kier alpha value is -3.73. The SMILES string of the molecule is CN(CCCCC(=O)N(C)c1ccc(CNC[C@H](O)c2ccc(O)c3[nH]c(=O)ccc23)cc1)C(=O)CCN1CC2CCC[C@@H]2C1. The summed E-state index contributed by atoms with van der Waals surface area (Å²) in [6.07, 6.45) is 5.76. The van der Waals surface area contributed by atoms with Gasteiger partial charge < -0.3 is 35.2 Å². The number of aromatic hydroxyl groups is 1. The van der Waals surface area contributed by atoms with Crippen molar-refractivity contribution in [1.82, 2.24) is 20.1 Å². The van der Waals surface area contributed by atoms with Crippen LogP contribution in [0.25, 0.3) is 10.9 Å². The predicted molar refractivity (Wildman–Crippen MR) is 176 cm³/mol. The van der Waals surface area contributed by atoms with E-state index in [1.54, 1.807) is 24.1 Å². The van der Waals surface area contributed by atoms with E-state index in [2.05, 4.69) is 15.2 Å². The van der Waals surface area contributed by atoms with Gasteiger partial charge in [-0.15, -0.1) is 0 Å². The number of phenols is 1. The Morgan fingerprint density at radius 1 is 0.978 bits per heavy atom. The molecule has 242 valence electrons. The van der Waals surface area contributed by atoms with Crippen molar-refractivity contribution in [3.63, 3.8) is 0 Å². The standard InChI is InChI=1S/C35H47N5O5/c1-38(33(44)17-19-40-22-25-6-5-7-26(25)23-40)18-4-3-8-34(45)39(2)27-11-9-24(10-12-27)20-36-21-31(42)28-13-15-30(41)35-29(28)14-16-32(43)37-35/h9-16,25-26,31,36,41-42H,3-8,17-23H2,1-2H3,(H,37,43)/t25-,26?,31+/m1/s1. The molecule has 1 aliphatic carbocycles. The first-order valence-electron chi connectivity index (χ1n) is 16.2. The number of pyridine rings is 1. The molecule has 10 heteroatoms. The lowest BCUT2D eigenvalue weighted by molar-refractivity contribution is -0.130. The molecule has 1 aromatic heterocycles. The average molecular weight is 618 g/mol. The zero-order valence-electron chi connectivity index (χ0n) is 26.5. The van der Waals surface area contributed by atoms with Gasteiger partial charge in [0.2, 0.25) is 17.4 Å². The Morgan fingerprint density at radius 3 is 2.44 bits per heavy atom. The number of aromatic amines is 1. The lowest BCUT2D eigenvalue weighted by atomic mass is 10.0. The van der Waals surface area contributed by atoms with Crippen molar-refractivity contribution in [3.05, 3.63) is 70.0 Å². The first-order chi connectivity index (χ1) is 21.7. The number of phenolic OH excluding ortho intramolecular Hbond substituents is 1. The van der Waals surface area contributed by atoms with Crippen molar-refractivity contribution in [2.45, 2.75) is 57.6 Å². The number of rotatable bonds is 14. The van der Waals surface area contributed by atoms with Crippen LogP contribution in [0.5, 0.6) is 5.75 Å². The fourth-order valence-corrected chi connectivity index (χ4v) is 6.87. The Balaban J connectivity index is 0.988. The fourth-order valence-electron chi connectivity index (χ4n) is 6.87. The predicted octanol–water partition coefficient (Wildman–Crippen LogP) is 3.77. The molecular formula is C35H47N5O5. The van der Waals surface area contributed by atoms with Gasteiger partial charge in [-0.2, -0.15) is 0 Å². The summed E-state index contributed by atoms with van der Waals surface area (Å²) in [6.45, 7) is 4.64. The molecule has 3 atom stereocenters. The number of aliphatic hydroxyl groups is 1. The van der Waals surface area contributed by atoms with Crippen molar-refractivity contribution >= 4 is 28.4 Å². The van der Waals surface area contributed by atoms with Gasteiger partial charge in [-0.1, -0.05) is 24.6 Å². The summed E-state index contributed by atoms with van der Waals surface area (Å²) >= 11 is 0. The summed E-state index contributed by atoms with van der Waals surface area (Å²) in [5.41, 5.74) is 2.41. The Labute approximate surface area is 265 Å². The van der Waals surface area contributed by atoms with Gasteiger partial charge in [0, 0.05) is 83.3 Å². The van der Waals surface area contributed by atoms with Crippen molar-refractivity contribution in [2.24, 2.45) is 11.8 Å². The van der Waals surface area contributed by atoms with Gasteiger partial charge in [-0.05, 0) is 72.9 Å². The van der Waals surface area contributed by atoms with Gasteiger partial charge in [-0.3, -0.25) is 14.4 Å². The first kappa shape index (κ1) is 32.7. The highest BCUT2D eigenvalue weighted by Gasteiger charge is 2.35. The highest BCUT2D eigenvalue weighted by atomic mass is 16.3. The molecule has 10 nitrogen and oxygen atoms in total. The van der Waals surface area contributed by atoms with Crippen LogP contribution in [0, 0.1) is 11.8 Å². The quantitative estimate of drug-likeness (QED) is 0.203. The molecule has 4 N–H and O–H groups in total. The van der Waals surface area contributed by atoms with E-state index in [1.165, 1.54) is 31.4 Å². The van der Waals surface area contributed by atoms with Crippen LogP contribution < -0.4 is 15.8 Å². The second-order valence-corrected chi connectivity index (χ2v) is 12.8. The Kier molecular flexibility index (Phi) is 10.9. The molecule has 0 spiro atoms. The summed E-state index contributed by atoms with van der Waals surface area (Å²) in [6, 6.07) is 13.8. The lowest BCUT2D eigenvalue weighted by Gasteiger charge is -2.21. The number of benzene rings is 2. The Morgan fingerprint density at radius 2 is 1.71 bits per heavy atom. The lowest BCUT2D eigenvalue weighted by Crippen LogP contribution is -2.32. The first-order valence-corrected chi connectivity index (χ1v) is 16.2. The molecule has 1 saturated heterocycles. The van der Waals surface area contributed by atoms with Crippen LogP contribution in [0.2, 0.25) is 0 Å². The van der Waals surface area contributed by atoms with E-state index in [-0.39, 0.29) is 29.7 Å². The van der Waals surface area contributed by atoms with Crippen molar-refractivity contribution < 1.29 is 19.8 Å². The summed E-state index contributed by atoms with van der Waals surface area (Å²) in [7, 11) is 3.65. The number of aliphatic hydroxyl groups excluding tert-OH is 1. The maximum absolute atomic E-state index is 12.8. The van der Waals surface area contributed by atoms with Crippen LogP contribution in [0.3, 0.4) is 0 Å². The van der Waals surface area contributed by atoms with Gasteiger partial charge in [0.25, 0.3) is 0 Å². The highest BCUT2D eigenvalue weighted by molar-refractivity contribution is 5.92. The number of amides is 2. The molecule has 0 bridgehead atoms. The van der Waals surface area contributed by atoms with Crippen molar-refractivity contribution in [3.8, 4) is 5.75 Å². The second kappa shape index (κ2) is 15.0. The monoisotopic (exact) mass is 617 g/mol. The van der Waals surface area contributed by atoms with Crippen LogP contribution in [0.4, 0.5) is 5.69 Å². The van der Waals surface area contributed by atoms with E-state index in [0.29, 0.717) is 42.4 Å². The number of fused-ring (bicyclic) bond motifs is 2. The number of H-pyrrole nitrogens is 1. The minimum absolute atomic E-state index is 0.0417. The van der Waals surface area contributed by atoms with Crippen LogP contribution in [0.15, 0.2) is 53.3 Å². The van der Waals surface area contributed by atoms with Crippen molar-refractivity contribution in [1.29, 1.82) is 0 Å². The van der Waals surface area contributed by atoms with E-state index in [4.69, 9.17) is 0 Å². The van der Waals surface area contributed by atoms with E-state index >= 15 is 0 Å². The van der Waals surface area contributed by atoms with Crippen LogP contribution >= 0.6 is 0 Å². The smallest absolute Gasteiger partial charge is 0.248 e. The van der Waals surface area contributed by atoms with Crippen LogP contribution in [0.1, 0.15) is 62.2 Å². The number of likely N-dealkylation sites (tertiary alicyclic amines) is 1. The number of unbranched alkanes of at least 4 members (excludes halogenated alkanes) is 1. The summed E-state index contributed by atoms with van der Waals surface area (Å²) < 4.78 is 0. The highest BCUT2D eigenvalue weighted by Crippen LogP contribution is 2.37. The van der Waals surface area contributed by atoms with Crippen molar-refractivity contribution in [2.75, 3.05) is 51.7 Å². The summed E-state index contributed by atoms with van der Waals surface area (Å²) in [5.74, 6) is 1.89. The fraction of sp³-hybridized carbons (Fsp3) is 0.514. The van der Waals surface area contributed by atoms with Gasteiger partial charge in [-0.25, -0.2) is 0 Å². The third-order valence-corrected chi connectivity index (χ3v) is 9.63. The topological polar surface area (TPSA) is 129 Å². The normalized spacial score (nSPS) is 18.6. The number of anilines is 1. The molecule has 1 unspecified atom stereocenters. The van der Waals surface area contributed by atoms with E-state index in [1.807, 2.05) is 36.2 Å². The molecule has 1 saturated carbocycles. The number of hydrogen-bond acceptors (Lipinski definition) is 7. The van der Waals surface area contributed by atoms with Crippen LogP contribution in [-0.4, -0.2) is 83.6 Å². The van der Waals surface area contributed by atoms with E-state index < -0.39 is 6.10 Å². The molecule has 2 aliphatic rings. The number of nitrogens with one attached hydrogen (secondary N) is 2. The summed E-state index contributed by atoms with van der Waals surface area (Å²) in [5, 5.41) is 24.7. The molecule has 5 rings (SSSR count). The Bertz CT molecular complexity index is 1510. The maximum atomic E-state index is 12.8. The van der Waals surface area contributed by atoms with E-state index in [0.717, 1.165) is 55.6 Å². The molecule has 45 heavy (non-hydrogen) atoms. The minimum Gasteiger partial charge on any atom is -0.506 e. The largest absolute Gasteiger partial charge is 0.506 e. The van der Waals surface area contributed by atoms with Gasteiger partial charge >= 0.3 is 0 Å². The van der Waals surface area contributed by atoms with E-state index in [9.17, 15) is 24.6 Å². The molecule has 0 radical (unpaired) electrons. The minimum atomic E-state index is -0.838. The number of carbonyl (C=O) groups is 2. The number of carbonyl (C=O) groups excluding carboxylic acids is 2. The molecule has 2 aromatic carbocycles. The average Bonchev–Trinajstić information content (AvgIpc) is 3.64. The van der Waals surface area contributed by atoms with Crippen LogP contribution in [-0.2, 0) is 16.1 Å². The van der Waals surface area contributed by atoms with Gasteiger partial charge in [0.05, 0.1) is 11.6 Å². The third kappa shape index (κ3) is 8.31. The summed E-state index contributed by atoms with van der Waals surface area (Å²) in [4.78, 5) is 45.6. The van der Waals surface area contributed by atoms with Gasteiger partial charge in [0.1, 0.15) is 5.75 Å². The molecule has 2 fully saturated rings. The molecule has 2 amide bonds. The molecule has 2 heterocycles. The zero-order valence-corrected chi connectivity index (χ0v) is 26.5. The third-order valence-electron chi connectivity index (χ3n) is 9.63. The van der Waals surface area contributed by atoms with Gasteiger partial charge in [0.15, 0.2) is 0 Å². The maximum Gasteiger partial charge on any atom is 0.248 e. The number of nitrogens with zero attached hydrogens (tertiary/aromatic N) is 3. The molecule has 1 aliphatic heterocycles. The molecule has 3 aromatic rings. The molecular weight excluding hydrogens is 570 g/mol. The number of hydrogen-bond donors (Lipinski definition) is 4. The zero-order chi connectivity index (χ0) is 31.9.